The van der Waals surface area contributed by atoms with Gasteiger partial charge in [0.05, 0.1) is 12.6 Å². The maximum absolute atomic E-state index is 12.9. The third-order valence-corrected chi connectivity index (χ3v) is 2.52. The highest BCUT2D eigenvalue weighted by Crippen LogP contribution is 2.29. The van der Waals surface area contributed by atoms with E-state index in [1.807, 2.05) is 0 Å². The SMILES string of the molecule is COCC(CCO)Nc1ccc(N)cc1C(F)F. The third-order valence-electron chi connectivity index (χ3n) is 2.52. The topological polar surface area (TPSA) is 67.5 Å². The molecule has 102 valence electrons. The number of nitrogens with one attached hydrogen (secondary N) is 1. The largest absolute Gasteiger partial charge is 0.399 e. The molecule has 1 aromatic carbocycles. The maximum atomic E-state index is 12.9. The summed E-state index contributed by atoms with van der Waals surface area (Å²) in [5.41, 5.74) is 5.95. The van der Waals surface area contributed by atoms with Crippen LogP contribution >= 0.6 is 0 Å². The van der Waals surface area contributed by atoms with Crippen molar-refractivity contribution in [3.8, 4) is 0 Å². The number of halogens is 2. The van der Waals surface area contributed by atoms with Crippen molar-refractivity contribution in [2.24, 2.45) is 0 Å². The van der Waals surface area contributed by atoms with Crippen LogP contribution in [-0.4, -0.2) is 31.5 Å². The van der Waals surface area contributed by atoms with E-state index in [0.29, 0.717) is 24.4 Å². The molecule has 0 saturated carbocycles. The fourth-order valence-electron chi connectivity index (χ4n) is 1.67. The minimum atomic E-state index is -2.60. The molecule has 4 N–H and O–H groups in total. The zero-order valence-electron chi connectivity index (χ0n) is 10.2. The molecular formula is C12H18F2N2O2. The van der Waals surface area contributed by atoms with Gasteiger partial charge in [0.2, 0.25) is 0 Å². The van der Waals surface area contributed by atoms with Crippen molar-refractivity contribution in [2.45, 2.75) is 18.9 Å². The van der Waals surface area contributed by atoms with Crippen LogP contribution < -0.4 is 11.1 Å². The third kappa shape index (κ3) is 4.12. The van der Waals surface area contributed by atoms with Crippen molar-refractivity contribution >= 4 is 11.4 Å². The smallest absolute Gasteiger partial charge is 0.265 e. The van der Waals surface area contributed by atoms with E-state index >= 15 is 0 Å². The summed E-state index contributed by atoms with van der Waals surface area (Å²) < 4.78 is 30.7. The molecule has 1 atom stereocenters. The van der Waals surface area contributed by atoms with Gasteiger partial charge in [0, 0.05) is 30.7 Å². The molecule has 0 amide bonds. The van der Waals surface area contributed by atoms with E-state index in [9.17, 15) is 8.78 Å². The first kappa shape index (κ1) is 14.7. The molecule has 0 aromatic heterocycles. The van der Waals surface area contributed by atoms with E-state index in [2.05, 4.69) is 5.32 Å². The molecule has 0 radical (unpaired) electrons. The van der Waals surface area contributed by atoms with Crippen LogP contribution in [0.5, 0.6) is 0 Å². The Balaban J connectivity index is 2.87. The molecule has 0 heterocycles. The number of nitrogen functional groups attached to an aromatic ring is 1. The first-order valence-corrected chi connectivity index (χ1v) is 5.62. The standard InChI is InChI=1S/C12H18F2N2O2/c1-18-7-9(4-5-17)16-11-3-2-8(15)6-10(11)12(13)14/h2-3,6,9,12,16-17H,4-5,7,15H2,1H3. The molecule has 0 saturated heterocycles. The molecule has 1 unspecified atom stereocenters. The van der Waals surface area contributed by atoms with Crippen molar-refractivity contribution < 1.29 is 18.6 Å². The van der Waals surface area contributed by atoms with E-state index < -0.39 is 6.43 Å². The average Bonchev–Trinajstić information content (AvgIpc) is 2.32. The zero-order valence-corrected chi connectivity index (χ0v) is 10.2. The number of nitrogens with two attached hydrogens (primary N) is 1. The van der Waals surface area contributed by atoms with Gasteiger partial charge in [0.25, 0.3) is 6.43 Å². The minimum Gasteiger partial charge on any atom is -0.399 e. The molecule has 0 fully saturated rings. The molecule has 0 bridgehead atoms. The predicted molar refractivity (Wildman–Crippen MR) is 66.8 cm³/mol. The lowest BCUT2D eigenvalue weighted by Gasteiger charge is -2.20. The van der Waals surface area contributed by atoms with Crippen LogP contribution in [0.1, 0.15) is 18.4 Å². The molecule has 18 heavy (non-hydrogen) atoms. The van der Waals surface area contributed by atoms with Gasteiger partial charge in [-0.05, 0) is 24.6 Å². The van der Waals surface area contributed by atoms with Gasteiger partial charge < -0.3 is 20.9 Å². The molecule has 6 heteroatoms. The van der Waals surface area contributed by atoms with Gasteiger partial charge in [-0.3, -0.25) is 0 Å². The van der Waals surface area contributed by atoms with Crippen LogP contribution in [0, 0.1) is 0 Å². The number of anilines is 2. The molecular weight excluding hydrogens is 242 g/mol. The van der Waals surface area contributed by atoms with Gasteiger partial charge in [-0.25, -0.2) is 8.78 Å². The molecule has 0 aliphatic rings. The fourth-order valence-corrected chi connectivity index (χ4v) is 1.67. The number of aliphatic hydroxyl groups is 1. The van der Waals surface area contributed by atoms with E-state index in [1.165, 1.54) is 19.2 Å². The lowest BCUT2D eigenvalue weighted by Crippen LogP contribution is -2.26. The van der Waals surface area contributed by atoms with Crippen molar-refractivity contribution in [1.29, 1.82) is 0 Å². The molecule has 1 rings (SSSR count). The molecule has 0 aliphatic carbocycles. The highest BCUT2D eigenvalue weighted by atomic mass is 19.3. The highest BCUT2D eigenvalue weighted by molar-refractivity contribution is 5.59. The number of aliphatic hydroxyl groups excluding tert-OH is 1. The Kier molecular flexibility index (Phi) is 5.80. The van der Waals surface area contributed by atoms with Gasteiger partial charge in [-0.15, -0.1) is 0 Å². The van der Waals surface area contributed by atoms with Gasteiger partial charge in [-0.1, -0.05) is 0 Å². The summed E-state index contributed by atoms with van der Waals surface area (Å²) in [4.78, 5) is 0. The second-order valence-corrected chi connectivity index (χ2v) is 3.96. The monoisotopic (exact) mass is 260 g/mol. The Hall–Kier alpha value is -1.40. The summed E-state index contributed by atoms with van der Waals surface area (Å²) in [6, 6.07) is 4.09. The van der Waals surface area contributed by atoms with Gasteiger partial charge >= 0.3 is 0 Å². The Morgan fingerprint density at radius 1 is 1.44 bits per heavy atom. The minimum absolute atomic E-state index is 0.0417. The summed E-state index contributed by atoms with van der Waals surface area (Å²) in [6.45, 7) is 0.285. The predicted octanol–water partition coefficient (Wildman–Crippen LogP) is 2.02. The first-order valence-electron chi connectivity index (χ1n) is 5.62. The number of alkyl halides is 2. The van der Waals surface area contributed by atoms with E-state index in [-0.39, 0.29) is 18.2 Å². The maximum Gasteiger partial charge on any atom is 0.265 e. The second kappa shape index (κ2) is 7.13. The van der Waals surface area contributed by atoms with Crippen LogP contribution in [0.15, 0.2) is 18.2 Å². The van der Waals surface area contributed by atoms with E-state index in [4.69, 9.17) is 15.6 Å². The average molecular weight is 260 g/mol. The first-order chi connectivity index (χ1) is 8.58. The molecule has 0 aliphatic heterocycles. The van der Waals surface area contributed by atoms with E-state index in [0.717, 1.165) is 0 Å². The fraction of sp³-hybridized carbons (Fsp3) is 0.500. The van der Waals surface area contributed by atoms with Crippen molar-refractivity contribution in [3.63, 3.8) is 0 Å². The van der Waals surface area contributed by atoms with Crippen LogP contribution in [-0.2, 0) is 4.74 Å². The Bertz CT molecular complexity index is 369. The lowest BCUT2D eigenvalue weighted by molar-refractivity contribution is 0.151. The van der Waals surface area contributed by atoms with Crippen molar-refractivity contribution in [1.82, 2.24) is 0 Å². The molecule has 0 spiro atoms. The lowest BCUT2D eigenvalue weighted by atomic mass is 10.1. The summed E-state index contributed by atoms with van der Waals surface area (Å²) in [5, 5.41) is 11.8. The van der Waals surface area contributed by atoms with Crippen molar-refractivity contribution in [2.75, 3.05) is 31.4 Å². The van der Waals surface area contributed by atoms with Crippen LogP contribution in [0.25, 0.3) is 0 Å². The zero-order chi connectivity index (χ0) is 13.5. The molecule has 4 nitrogen and oxygen atoms in total. The summed E-state index contributed by atoms with van der Waals surface area (Å²) >= 11 is 0. The highest BCUT2D eigenvalue weighted by Gasteiger charge is 2.16. The van der Waals surface area contributed by atoms with Gasteiger partial charge in [-0.2, -0.15) is 0 Å². The summed E-state index contributed by atoms with van der Waals surface area (Å²) in [7, 11) is 1.52. The Morgan fingerprint density at radius 2 is 2.17 bits per heavy atom. The second-order valence-electron chi connectivity index (χ2n) is 3.96. The number of benzene rings is 1. The van der Waals surface area contributed by atoms with Crippen LogP contribution in [0.4, 0.5) is 20.2 Å². The number of hydrogen-bond acceptors (Lipinski definition) is 4. The summed E-state index contributed by atoms with van der Waals surface area (Å²) in [6.07, 6.45) is -2.19. The summed E-state index contributed by atoms with van der Waals surface area (Å²) in [5.74, 6) is 0. The van der Waals surface area contributed by atoms with Crippen LogP contribution in [0.2, 0.25) is 0 Å². The van der Waals surface area contributed by atoms with Gasteiger partial charge in [0.1, 0.15) is 0 Å². The van der Waals surface area contributed by atoms with Gasteiger partial charge in [0.15, 0.2) is 0 Å². The van der Waals surface area contributed by atoms with Crippen molar-refractivity contribution in [3.05, 3.63) is 23.8 Å². The normalized spacial score (nSPS) is 12.7. The Morgan fingerprint density at radius 3 is 2.72 bits per heavy atom. The quantitative estimate of drug-likeness (QED) is 0.656. The van der Waals surface area contributed by atoms with E-state index in [1.54, 1.807) is 6.07 Å². The number of hydrogen-bond donors (Lipinski definition) is 3. The number of methoxy groups -OCH3 is 1. The number of rotatable bonds is 7. The Labute approximate surface area is 105 Å². The van der Waals surface area contributed by atoms with Crippen LogP contribution in [0.3, 0.4) is 0 Å². The number of ether oxygens (including phenoxy) is 1. The molecule has 1 aromatic rings.